The Bertz CT molecular complexity index is 1510. The fourth-order valence-corrected chi connectivity index (χ4v) is 6.44. The quantitative estimate of drug-likeness (QED) is 0.263. The Hall–Kier alpha value is -3.74. The SMILES string of the molecule is CCCO[C@@H]1C[C@H](c2ccccc2)C=C(/C=C/c2ccccc2)N1S(=O)(=O)c1cccc2cccnc12. The van der Waals surface area contributed by atoms with Crippen molar-refractivity contribution in [2.45, 2.75) is 36.8 Å². The van der Waals surface area contributed by atoms with E-state index in [0.29, 0.717) is 24.2 Å². The molecular formula is C31H30N2O3S. The normalized spacial score (nSPS) is 18.3. The van der Waals surface area contributed by atoms with Gasteiger partial charge in [0.15, 0.2) is 0 Å². The number of para-hydroxylation sites is 1. The van der Waals surface area contributed by atoms with Gasteiger partial charge in [-0.2, -0.15) is 0 Å². The van der Waals surface area contributed by atoms with Gasteiger partial charge in [0.05, 0.1) is 11.2 Å². The number of sulfonamides is 1. The van der Waals surface area contributed by atoms with Crippen LogP contribution in [0.25, 0.3) is 17.0 Å². The van der Waals surface area contributed by atoms with Gasteiger partial charge in [0.1, 0.15) is 11.1 Å². The molecule has 1 aliphatic rings. The van der Waals surface area contributed by atoms with Crippen LogP contribution in [0, 0.1) is 0 Å². The molecule has 5 rings (SSSR count). The molecule has 1 aliphatic heterocycles. The Labute approximate surface area is 218 Å². The predicted octanol–water partition coefficient (Wildman–Crippen LogP) is 6.76. The first-order chi connectivity index (χ1) is 18.1. The van der Waals surface area contributed by atoms with Crippen molar-refractivity contribution in [3.05, 3.63) is 126 Å². The van der Waals surface area contributed by atoms with Crippen molar-refractivity contribution in [2.24, 2.45) is 0 Å². The summed E-state index contributed by atoms with van der Waals surface area (Å²) in [6.45, 7) is 2.48. The molecule has 6 heteroatoms. The summed E-state index contributed by atoms with van der Waals surface area (Å²) < 4.78 is 36.4. The van der Waals surface area contributed by atoms with Crippen LogP contribution in [0.2, 0.25) is 0 Å². The second kappa shape index (κ2) is 11.1. The zero-order valence-electron chi connectivity index (χ0n) is 20.8. The average molecular weight is 511 g/mol. The number of rotatable bonds is 8. The van der Waals surface area contributed by atoms with E-state index in [1.807, 2.05) is 91.9 Å². The van der Waals surface area contributed by atoms with Gasteiger partial charge in [0.2, 0.25) is 0 Å². The van der Waals surface area contributed by atoms with E-state index in [2.05, 4.69) is 17.1 Å². The molecule has 4 aromatic rings. The molecule has 0 radical (unpaired) electrons. The average Bonchev–Trinajstić information content (AvgIpc) is 2.95. The van der Waals surface area contributed by atoms with E-state index in [0.717, 1.165) is 22.9 Å². The Kier molecular flexibility index (Phi) is 7.49. The number of fused-ring (bicyclic) bond motifs is 1. The highest BCUT2D eigenvalue weighted by atomic mass is 32.2. The summed E-state index contributed by atoms with van der Waals surface area (Å²) in [4.78, 5) is 4.60. The highest BCUT2D eigenvalue weighted by molar-refractivity contribution is 7.89. The molecule has 0 bridgehead atoms. The maximum absolute atomic E-state index is 14.4. The van der Waals surface area contributed by atoms with Crippen LogP contribution in [0.15, 0.2) is 120 Å². The number of pyridine rings is 1. The van der Waals surface area contributed by atoms with E-state index in [9.17, 15) is 8.42 Å². The van der Waals surface area contributed by atoms with Crippen molar-refractivity contribution in [1.82, 2.24) is 9.29 Å². The molecule has 3 aromatic carbocycles. The zero-order chi connectivity index (χ0) is 25.7. The lowest BCUT2D eigenvalue weighted by Gasteiger charge is -2.39. The summed E-state index contributed by atoms with van der Waals surface area (Å²) in [6.07, 6.45) is 8.13. The van der Waals surface area contributed by atoms with Gasteiger partial charge in [-0.05, 0) is 35.8 Å². The number of nitrogens with zero attached hydrogens (tertiary/aromatic N) is 2. The van der Waals surface area contributed by atoms with Crippen LogP contribution in [0.5, 0.6) is 0 Å². The van der Waals surface area contributed by atoms with Crippen molar-refractivity contribution >= 4 is 27.0 Å². The van der Waals surface area contributed by atoms with Crippen LogP contribution in [0.4, 0.5) is 0 Å². The zero-order valence-corrected chi connectivity index (χ0v) is 21.6. The molecule has 188 valence electrons. The lowest BCUT2D eigenvalue weighted by Crippen LogP contribution is -2.44. The van der Waals surface area contributed by atoms with Gasteiger partial charge in [-0.3, -0.25) is 4.98 Å². The van der Waals surface area contributed by atoms with Gasteiger partial charge in [-0.25, -0.2) is 12.7 Å². The monoisotopic (exact) mass is 510 g/mol. The lowest BCUT2D eigenvalue weighted by atomic mass is 9.91. The summed E-state index contributed by atoms with van der Waals surface area (Å²) in [6, 6.07) is 29.0. The third-order valence-electron chi connectivity index (χ3n) is 6.46. The Morgan fingerprint density at radius 3 is 2.41 bits per heavy atom. The van der Waals surface area contributed by atoms with Gasteiger partial charge < -0.3 is 4.74 Å². The maximum atomic E-state index is 14.4. The van der Waals surface area contributed by atoms with Crippen molar-refractivity contribution in [3.63, 3.8) is 0 Å². The second-order valence-electron chi connectivity index (χ2n) is 9.05. The highest BCUT2D eigenvalue weighted by Gasteiger charge is 2.39. The van der Waals surface area contributed by atoms with Gasteiger partial charge in [-0.15, -0.1) is 0 Å². The number of aromatic nitrogens is 1. The van der Waals surface area contributed by atoms with E-state index >= 15 is 0 Å². The number of hydrogen-bond donors (Lipinski definition) is 0. The van der Waals surface area contributed by atoms with E-state index in [1.54, 1.807) is 18.3 Å². The first-order valence-corrected chi connectivity index (χ1v) is 14.0. The minimum atomic E-state index is -4.00. The number of allylic oxidation sites excluding steroid dienone is 2. The van der Waals surface area contributed by atoms with Gasteiger partial charge in [-0.1, -0.05) is 97.9 Å². The third kappa shape index (κ3) is 5.36. The summed E-state index contributed by atoms with van der Waals surface area (Å²) in [5.41, 5.74) is 3.15. The smallest absolute Gasteiger partial charge is 0.268 e. The molecule has 0 unspecified atom stereocenters. The number of ether oxygens (including phenoxy) is 1. The van der Waals surface area contributed by atoms with Crippen LogP contribution in [0.3, 0.4) is 0 Å². The Morgan fingerprint density at radius 1 is 0.919 bits per heavy atom. The van der Waals surface area contributed by atoms with Crippen molar-refractivity contribution in [2.75, 3.05) is 6.61 Å². The van der Waals surface area contributed by atoms with Crippen LogP contribution in [-0.2, 0) is 14.8 Å². The van der Waals surface area contributed by atoms with Gasteiger partial charge in [0.25, 0.3) is 10.0 Å². The van der Waals surface area contributed by atoms with E-state index in [4.69, 9.17) is 4.74 Å². The number of hydrogen-bond acceptors (Lipinski definition) is 4. The summed E-state index contributed by atoms with van der Waals surface area (Å²) in [7, 11) is -4.00. The van der Waals surface area contributed by atoms with Crippen LogP contribution in [0.1, 0.15) is 36.8 Å². The molecule has 0 N–H and O–H groups in total. The first kappa shape index (κ1) is 24.9. The molecule has 2 heterocycles. The lowest BCUT2D eigenvalue weighted by molar-refractivity contribution is -0.0179. The fourth-order valence-electron chi connectivity index (χ4n) is 4.71. The number of benzene rings is 3. The maximum Gasteiger partial charge on any atom is 0.268 e. The molecule has 37 heavy (non-hydrogen) atoms. The van der Waals surface area contributed by atoms with Crippen LogP contribution >= 0.6 is 0 Å². The Morgan fingerprint density at radius 2 is 1.65 bits per heavy atom. The van der Waals surface area contributed by atoms with Gasteiger partial charge in [0, 0.05) is 30.5 Å². The molecule has 0 fully saturated rings. The summed E-state index contributed by atoms with van der Waals surface area (Å²) in [5.74, 6) is 0.00979. The minimum Gasteiger partial charge on any atom is -0.357 e. The van der Waals surface area contributed by atoms with Crippen molar-refractivity contribution in [1.29, 1.82) is 0 Å². The van der Waals surface area contributed by atoms with Crippen molar-refractivity contribution in [3.8, 4) is 0 Å². The Balaban J connectivity index is 1.66. The van der Waals surface area contributed by atoms with Crippen molar-refractivity contribution < 1.29 is 13.2 Å². The second-order valence-corrected chi connectivity index (χ2v) is 10.8. The molecule has 0 saturated heterocycles. The van der Waals surface area contributed by atoms with Crippen LogP contribution < -0.4 is 0 Å². The fraction of sp³-hybridized carbons (Fsp3) is 0.194. The molecule has 0 aliphatic carbocycles. The van der Waals surface area contributed by atoms with Gasteiger partial charge >= 0.3 is 0 Å². The molecule has 1 aromatic heterocycles. The van der Waals surface area contributed by atoms with E-state index in [-0.39, 0.29) is 10.8 Å². The topological polar surface area (TPSA) is 59.5 Å². The standard InChI is InChI=1S/C31H30N2O3S/c1-2-21-36-30-23-27(25-13-7-4-8-14-25)22-28(19-18-24-11-5-3-6-12-24)33(30)37(34,35)29-17-9-15-26-16-10-20-32-31(26)29/h3-20,22,27,30H,2,21,23H2,1H3/b19-18+/t27-,30-/m1/s1. The van der Waals surface area contributed by atoms with E-state index < -0.39 is 16.3 Å². The molecule has 0 spiro atoms. The van der Waals surface area contributed by atoms with E-state index in [1.165, 1.54) is 4.31 Å². The first-order valence-electron chi connectivity index (χ1n) is 12.6. The van der Waals surface area contributed by atoms with Crippen LogP contribution in [-0.4, -0.2) is 30.5 Å². The summed E-state index contributed by atoms with van der Waals surface area (Å²) >= 11 is 0. The molecule has 0 saturated carbocycles. The largest absolute Gasteiger partial charge is 0.357 e. The highest BCUT2D eigenvalue weighted by Crippen LogP contribution is 2.38. The predicted molar refractivity (Wildman–Crippen MR) is 148 cm³/mol. The molecule has 5 nitrogen and oxygen atoms in total. The summed E-state index contributed by atoms with van der Waals surface area (Å²) in [5, 5.41) is 0.777. The minimum absolute atomic E-state index is 0.00979. The molecular weight excluding hydrogens is 480 g/mol. The molecule has 0 amide bonds. The third-order valence-corrected chi connectivity index (χ3v) is 8.31. The molecule has 2 atom stereocenters.